The number of hydrogen-bond acceptors (Lipinski definition) is 2. The zero-order valence-corrected chi connectivity index (χ0v) is 11.4. The van der Waals surface area contributed by atoms with Gasteiger partial charge in [0, 0.05) is 19.6 Å². The van der Waals surface area contributed by atoms with Crippen molar-refractivity contribution in [3.63, 3.8) is 0 Å². The maximum Gasteiger partial charge on any atom is 0.00481 e. The highest BCUT2D eigenvalue weighted by Crippen LogP contribution is 2.37. The van der Waals surface area contributed by atoms with Crippen molar-refractivity contribution in [2.75, 3.05) is 32.7 Å². The molecule has 1 saturated carbocycles. The third-order valence-electron chi connectivity index (χ3n) is 5.44. The van der Waals surface area contributed by atoms with Gasteiger partial charge < -0.3 is 10.2 Å². The molecule has 17 heavy (non-hydrogen) atoms. The lowest BCUT2D eigenvalue weighted by atomic mass is 9.74. The number of nitrogens with zero attached hydrogens (tertiary/aromatic N) is 1. The van der Waals surface area contributed by atoms with Gasteiger partial charge in [0.2, 0.25) is 0 Å². The first kappa shape index (κ1) is 12.0. The summed E-state index contributed by atoms with van der Waals surface area (Å²) in [7, 11) is 0. The van der Waals surface area contributed by atoms with Gasteiger partial charge in [-0.15, -0.1) is 0 Å². The maximum absolute atomic E-state index is 3.53. The summed E-state index contributed by atoms with van der Waals surface area (Å²) in [5.74, 6) is 2.12. The Kier molecular flexibility index (Phi) is 3.45. The standard InChI is InChI=1S/C15H28N2/c1-15(7-8-16-11-15)12-17-9-6-13-4-2-3-5-14(13)10-17/h13-14,16H,2-12H2,1H3. The van der Waals surface area contributed by atoms with Crippen LogP contribution in [0.15, 0.2) is 0 Å². The first-order valence-corrected chi connectivity index (χ1v) is 7.68. The van der Waals surface area contributed by atoms with Crippen molar-refractivity contribution in [2.45, 2.75) is 45.4 Å². The summed E-state index contributed by atoms with van der Waals surface area (Å²) in [5, 5.41) is 3.53. The maximum atomic E-state index is 3.53. The highest BCUT2D eigenvalue weighted by atomic mass is 15.1. The molecule has 2 aliphatic heterocycles. The fourth-order valence-corrected chi connectivity index (χ4v) is 4.36. The summed E-state index contributed by atoms with van der Waals surface area (Å²) in [6.07, 6.45) is 8.88. The van der Waals surface area contributed by atoms with Crippen molar-refractivity contribution >= 4 is 0 Å². The number of hydrogen-bond donors (Lipinski definition) is 1. The summed E-state index contributed by atoms with van der Waals surface area (Å²) in [6, 6.07) is 0. The highest BCUT2D eigenvalue weighted by Gasteiger charge is 2.35. The molecule has 3 rings (SSSR count). The van der Waals surface area contributed by atoms with Gasteiger partial charge in [-0.1, -0.05) is 26.2 Å². The van der Waals surface area contributed by atoms with Gasteiger partial charge >= 0.3 is 0 Å². The summed E-state index contributed by atoms with van der Waals surface area (Å²) >= 11 is 0. The van der Waals surface area contributed by atoms with Crippen LogP contribution in [-0.2, 0) is 0 Å². The monoisotopic (exact) mass is 236 g/mol. The molecule has 2 nitrogen and oxygen atoms in total. The lowest BCUT2D eigenvalue weighted by molar-refractivity contribution is 0.0607. The van der Waals surface area contributed by atoms with E-state index in [0.717, 1.165) is 11.8 Å². The molecule has 0 bridgehead atoms. The Balaban J connectivity index is 1.55. The molecule has 0 amide bonds. The van der Waals surface area contributed by atoms with E-state index in [1.54, 1.807) is 0 Å². The quantitative estimate of drug-likeness (QED) is 0.792. The minimum Gasteiger partial charge on any atom is -0.316 e. The Labute approximate surface area is 106 Å². The van der Waals surface area contributed by atoms with Crippen LogP contribution < -0.4 is 5.32 Å². The summed E-state index contributed by atoms with van der Waals surface area (Å²) in [6.45, 7) is 9.05. The molecule has 0 aromatic carbocycles. The molecule has 3 fully saturated rings. The second kappa shape index (κ2) is 4.89. The van der Waals surface area contributed by atoms with Crippen LogP contribution in [0.3, 0.4) is 0 Å². The molecule has 0 aromatic heterocycles. The fraction of sp³-hybridized carbons (Fsp3) is 1.00. The molecule has 0 aromatic rings. The highest BCUT2D eigenvalue weighted by molar-refractivity contribution is 4.90. The zero-order valence-electron chi connectivity index (χ0n) is 11.4. The molecule has 1 aliphatic carbocycles. The van der Waals surface area contributed by atoms with Crippen LogP contribution in [0.1, 0.15) is 45.4 Å². The summed E-state index contributed by atoms with van der Waals surface area (Å²) in [5.41, 5.74) is 0.557. The molecular formula is C15H28N2. The van der Waals surface area contributed by atoms with Crippen LogP contribution in [0.25, 0.3) is 0 Å². The second-order valence-electron chi connectivity index (χ2n) is 7.07. The van der Waals surface area contributed by atoms with Crippen LogP contribution >= 0.6 is 0 Å². The van der Waals surface area contributed by atoms with Crippen LogP contribution in [0, 0.1) is 17.3 Å². The number of fused-ring (bicyclic) bond motifs is 1. The Morgan fingerprint density at radius 3 is 2.76 bits per heavy atom. The molecule has 3 atom stereocenters. The average molecular weight is 236 g/mol. The molecule has 2 heterocycles. The first-order valence-electron chi connectivity index (χ1n) is 7.68. The molecule has 3 aliphatic rings. The number of likely N-dealkylation sites (tertiary alicyclic amines) is 1. The second-order valence-corrected chi connectivity index (χ2v) is 7.07. The first-order chi connectivity index (χ1) is 8.25. The van der Waals surface area contributed by atoms with Crippen LogP contribution in [-0.4, -0.2) is 37.6 Å². The van der Waals surface area contributed by atoms with Gasteiger partial charge in [0.1, 0.15) is 0 Å². The zero-order chi connectivity index (χ0) is 11.7. The Bertz CT molecular complexity index is 258. The van der Waals surface area contributed by atoms with E-state index in [0.29, 0.717) is 5.41 Å². The molecule has 98 valence electrons. The van der Waals surface area contributed by atoms with E-state index < -0.39 is 0 Å². The van der Waals surface area contributed by atoms with Gasteiger partial charge in [0.25, 0.3) is 0 Å². The van der Waals surface area contributed by atoms with Gasteiger partial charge in [-0.2, -0.15) is 0 Å². The van der Waals surface area contributed by atoms with E-state index in [-0.39, 0.29) is 0 Å². The van der Waals surface area contributed by atoms with Gasteiger partial charge in [-0.25, -0.2) is 0 Å². The van der Waals surface area contributed by atoms with Crippen LogP contribution in [0.2, 0.25) is 0 Å². The van der Waals surface area contributed by atoms with Gasteiger partial charge in [-0.3, -0.25) is 0 Å². The van der Waals surface area contributed by atoms with Crippen molar-refractivity contribution < 1.29 is 0 Å². The predicted molar refractivity (Wildman–Crippen MR) is 72.1 cm³/mol. The Hall–Kier alpha value is -0.0800. The third kappa shape index (κ3) is 2.68. The van der Waals surface area contributed by atoms with E-state index >= 15 is 0 Å². The SMILES string of the molecule is CC1(CN2CCC3CCCCC3C2)CCNC1. The third-order valence-corrected chi connectivity index (χ3v) is 5.44. The lowest BCUT2D eigenvalue weighted by Gasteiger charge is -2.43. The summed E-state index contributed by atoms with van der Waals surface area (Å²) < 4.78 is 0. The number of rotatable bonds is 2. The molecule has 3 unspecified atom stereocenters. The van der Waals surface area contributed by atoms with Gasteiger partial charge in [0.05, 0.1) is 0 Å². The van der Waals surface area contributed by atoms with Crippen LogP contribution in [0.5, 0.6) is 0 Å². The molecule has 0 radical (unpaired) electrons. The van der Waals surface area contributed by atoms with Crippen LogP contribution in [0.4, 0.5) is 0 Å². The molecular weight excluding hydrogens is 208 g/mol. The molecule has 2 saturated heterocycles. The van der Waals surface area contributed by atoms with Crippen molar-refractivity contribution in [3.05, 3.63) is 0 Å². The molecule has 2 heteroatoms. The average Bonchev–Trinajstić information content (AvgIpc) is 2.76. The smallest absolute Gasteiger partial charge is 0.00481 e. The van der Waals surface area contributed by atoms with E-state index in [1.165, 1.54) is 71.2 Å². The Morgan fingerprint density at radius 2 is 2.00 bits per heavy atom. The van der Waals surface area contributed by atoms with E-state index in [2.05, 4.69) is 17.1 Å². The lowest BCUT2D eigenvalue weighted by Crippen LogP contribution is -2.46. The van der Waals surface area contributed by atoms with E-state index in [9.17, 15) is 0 Å². The van der Waals surface area contributed by atoms with Crippen molar-refractivity contribution in [1.82, 2.24) is 10.2 Å². The number of nitrogens with one attached hydrogen (secondary N) is 1. The molecule has 0 spiro atoms. The van der Waals surface area contributed by atoms with Gasteiger partial charge in [-0.05, 0) is 49.6 Å². The Morgan fingerprint density at radius 1 is 1.18 bits per heavy atom. The fourth-order valence-electron chi connectivity index (χ4n) is 4.36. The number of piperidine rings is 1. The van der Waals surface area contributed by atoms with E-state index in [1.807, 2.05) is 0 Å². The van der Waals surface area contributed by atoms with Gasteiger partial charge in [0.15, 0.2) is 0 Å². The predicted octanol–water partition coefficient (Wildman–Crippen LogP) is 2.50. The minimum atomic E-state index is 0.557. The van der Waals surface area contributed by atoms with Crippen molar-refractivity contribution in [2.24, 2.45) is 17.3 Å². The summed E-state index contributed by atoms with van der Waals surface area (Å²) in [4.78, 5) is 2.78. The van der Waals surface area contributed by atoms with E-state index in [4.69, 9.17) is 0 Å². The normalized spacial score (nSPS) is 43.6. The topological polar surface area (TPSA) is 15.3 Å². The van der Waals surface area contributed by atoms with Crippen molar-refractivity contribution in [1.29, 1.82) is 0 Å². The molecule has 1 N–H and O–H groups in total. The van der Waals surface area contributed by atoms with Crippen molar-refractivity contribution in [3.8, 4) is 0 Å². The minimum absolute atomic E-state index is 0.557. The largest absolute Gasteiger partial charge is 0.316 e.